The summed E-state index contributed by atoms with van der Waals surface area (Å²) >= 11 is 0. The number of rotatable bonds is 2. The van der Waals surface area contributed by atoms with Crippen LogP contribution in [0.5, 0.6) is 0 Å². The first-order valence-electron chi connectivity index (χ1n) is 6.14. The smallest absolute Gasteiger partial charge is 0.234 e. The molecule has 0 atom stereocenters. The summed E-state index contributed by atoms with van der Waals surface area (Å²) in [5, 5.41) is 0. The molecule has 0 bridgehead atoms. The van der Waals surface area contributed by atoms with E-state index in [9.17, 15) is 0 Å². The Kier molecular flexibility index (Phi) is 3.51. The maximum atomic E-state index is 2.35. The molecule has 0 fully saturated rings. The molecule has 92 valence electrons. The van der Waals surface area contributed by atoms with Crippen LogP contribution in [0.25, 0.3) is 0 Å². The van der Waals surface area contributed by atoms with Crippen LogP contribution >= 0.6 is 0 Å². The maximum absolute atomic E-state index is 2.35. The van der Waals surface area contributed by atoms with Gasteiger partial charge >= 0.3 is 0 Å². The molecule has 0 N–H and O–H groups in total. The van der Waals surface area contributed by atoms with E-state index in [1.807, 2.05) is 0 Å². The van der Waals surface area contributed by atoms with Crippen LogP contribution in [0.15, 0.2) is 12.4 Å². The normalized spacial score (nSPS) is 13.2. The molecule has 0 aliphatic heterocycles. The van der Waals surface area contributed by atoms with Crippen molar-refractivity contribution >= 4 is 0 Å². The average Bonchev–Trinajstić information content (AvgIpc) is 2.30. The second-order valence-electron chi connectivity index (χ2n) is 7.22. The fourth-order valence-electron chi connectivity index (χ4n) is 1.90. The van der Waals surface area contributed by atoms with Gasteiger partial charge in [0.25, 0.3) is 5.82 Å². The van der Waals surface area contributed by atoms with Crippen molar-refractivity contribution in [2.75, 3.05) is 0 Å². The van der Waals surface area contributed by atoms with Crippen molar-refractivity contribution < 1.29 is 4.57 Å². The third kappa shape index (κ3) is 3.99. The molecule has 1 aromatic rings. The highest BCUT2D eigenvalue weighted by Crippen LogP contribution is 2.17. The first-order chi connectivity index (χ1) is 7.08. The van der Waals surface area contributed by atoms with Gasteiger partial charge in [0.15, 0.2) is 0 Å². The fraction of sp³-hybridized carbons (Fsp3) is 0.786. The first kappa shape index (κ1) is 13.3. The summed E-state index contributed by atoms with van der Waals surface area (Å²) in [5.74, 6) is 1.35. The molecule has 0 amide bonds. The van der Waals surface area contributed by atoms with Crippen LogP contribution in [0.4, 0.5) is 0 Å². The first-order valence-corrected chi connectivity index (χ1v) is 6.14. The molecule has 2 heteroatoms. The lowest BCUT2D eigenvalue weighted by molar-refractivity contribution is -0.713. The molecule has 0 radical (unpaired) electrons. The van der Waals surface area contributed by atoms with Crippen LogP contribution in [-0.2, 0) is 13.1 Å². The Morgan fingerprint density at radius 2 is 1.62 bits per heavy atom. The minimum atomic E-state index is 0.337. The summed E-state index contributed by atoms with van der Waals surface area (Å²) in [6.45, 7) is 18.0. The Morgan fingerprint density at radius 1 is 1.06 bits per heavy atom. The van der Waals surface area contributed by atoms with Gasteiger partial charge in [-0.25, -0.2) is 9.13 Å². The van der Waals surface area contributed by atoms with Crippen molar-refractivity contribution in [2.45, 2.75) is 61.6 Å². The second-order valence-corrected chi connectivity index (χ2v) is 7.22. The van der Waals surface area contributed by atoms with Gasteiger partial charge in [0.1, 0.15) is 12.4 Å². The van der Waals surface area contributed by atoms with E-state index in [0.29, 0.717) is 10.8 Å². The van der Waals surface area contributed by atoms with E-state index >= 15 is 0 Å². The van der Waals surface area contributed by atoms with Gasteiger partial charge in [-0.1, -0.05) is 41.5 Å². The van der Waals surface area contributed by atoms with Crippen LogP contribution in [0.1, 0.15) is 47.4 Å². The molecule has 1 aromatic heterocycles. The Morgan fingerprint density at radius 3 is 2.06 bits per heavy atom. The number of hydrogen-bond acceptors (Lipinski definition) is 0. The van der Waals surface area contributed by atoms with Crippen molar-refractivity contribution in [3.63, 3.8) is 0 Å². The van der Waals surface area contributed by atoms with E-state index in [4.69, 9.17) is 0 Å². The lowest BCUT2D eigenvalue weighted by atomic mass is 9.96. The van der Waals surface area contributed by atoms with Crippen LogP contribution in [0.3, 0.4) is 0 Å². The third-order valence-electron chi connectivity index (χ3n) is 2.55. The van der Waals surface area contributed by atoms with Crippen molar-refractivity contribution in [3.05, 3.63) is 18.2 Å². The summed E-state index contributed by atoms with van der Waals surface area (Å²) in [5.41, 5.74) is 0.673. The predicted octanol–water partition coefficient (Wildman–Crippen LogP) is 3.18. The molecule has 0 aliphatic carbocycles. The maximum Gasteiger partial charge on any atom is 0.253 e. The largest absolute Gasteiger partial charge is 0.253 e. The SMILES string of the molecule is Cc1n(CC(C)(C)C)cc[n+]1CC(C)(C)C. The molecule has 0 unspecified atom stereocenters. The van der Waals surface area contributed by atoms with E-state index < -0.39 is 0 Å². The Balaban J connectivity index is 2.85. The van der Waals surface area contributed by atoms with Crippen LogP contribution < -0.4 is 4.57 Å². The molecular formula is C14H27N2+. The zero-order valence-electron chi connectivity index (χ0n) is 12.0. The van der Waals surface area contributed by atoms with Crippen molar-refractivity contribution in [1.82, 2.24) is 4.57 Å². The summed E-state index contributed by atoms with van der Waals surface area (Å²) < 4.78 is 4.71. The van der Waals surface area contributed by atoms with Gasteiger partial charge < -0.3 is 0 Å². The van der Waals surface area contributed by atoms with Crippen LogP contribution in [0, 0.1) is 17.8 Å². The Bertz CT molecular complexity index is 314. The van der Waals surface area contributed by atoms with Crippen molar-refractivity contribution in [2.24, 2.45) is 10.8 Å². The number of aromatic nitrogens is 2. The quantitative estimate of drug-likeness (QED) is 0.681. The molecule has 0 spiro atoms. The Labute approximate surface area is 100 Å². The van der Waals surface area contributed by atoms with E-state index in [0.717, 1.165) is 13.1 Å². The van der Waals surface area contributed by atoms with Crippen molar-refractivity contribution in [3.8, 4) is 0 Å². The van der Waals surface area contributed by atoms with Gasteiger partial charge in [-0.2, -0.15) is 0 Å². The Hall–Kier alpha value is -0.790. The molecule has 0 aromatic carbocycles. The van der Waals surface area contributed by atoms with E-state index in [-0.39, 0.29) is 0 Å². The lowest BCUT2D eigenvalue weighted by Crippen LogP contribution is -2.41. The molecule has 2 nitrogen and oxygen atoms in total. The standard InChI is InChI=1S/C14H27N2/c1-12-15(10-13(2,3)4)8-9-16(12)11-14(5,6)7/h8-9H,10-11H2,1-7H3/q+1. The zero-order valence-corrected chi connectivity index (χ0v) is 12.0. The van der Waals surface area contributed by atoms with Gasteiger partial charge in [-0.3, -0.25) is 0 Å². The summed E-state index contributed by atoms with van der Waals surface area (Å²) in [4.78, 5) is 0. The molecular weight excluding hydrogens is 196 g/mol. The number of imidazole rings is 1. The molecule has 1 rings (SSSR count). The summed E-state index contributed by atoms with van der Waals surface area (Å²) in [7, 11) is 0. The third-order valence-corrected chi connectivity index (χ3v) is 2.55. The number of hydrogen-bond donors (Lipinski definition) is 0. The minimum absolute atomic E-state index is 0.337. The molecule has 0 aliphatic rings. The van der Waals surface area contributed by atoms with Crippen LogP contribution in [0.2, 0.25) is 0 Å². The van der Waals surface area contributed by atoms with E-state index in [1.54, 1.807) is 0 Å². The topological polar surface area (TPSA) is 8.81 Å². The minimum Gasteiger partial charge on any atom is -0.234 e. The monoisotopic (exact) mass is 223 g/mol. The van der Waals surface area contributed by atoms with E-state index in [2.05, 4.69) is 70.0 Å². The van der Waals surface area contributed by atoms with Gasteiger partial charge in [-0.05, 0) is 10.8 Å². The highest BCUT2D eigenvalue weighted by atomic mass is 15.1. The lowest BCUT2D eigenvalue weighted by Gasteiger charge is -2.17. The zero-order chi connectivity index (χ0) is 12.6. The van der Waals surface area contributed by atoms with Gasteiger partial charge in [0.2, 0.25) is 0 Å². The molecule has 0 saturated carbocycles. The molecule has 0 saturated heterocycles. The average molecular weight is 223 g/mol. The van der Waals surface area contributed by atoms with Gasteiger partial charge in [0, 0.05) is 6.92 Å². The molecule has 1 heterocycles. The van der Waals surface area contributed by atoms with Crippen LogP contribution in [-0.4, -0.2) is 4.57 Å². The fourth-order valence-corrected chi connectivity index (χ4v) is 1.90. The predicted molar refractivity (Wildman–Crippen MR) is 68.3 cm³/mol. The van der Waals surface area contributed by atoms with Gasteiger partial charge in [0.05, 0.1) is 13.1 Å². The van der Waals surface area contributed by atoms with E-state index in [1.165, 1.54) is 5.82 Å². The summed E-state index contributed by atoms with van der Waals surface area (Å²) in [6, 6.07) is 0. The van der Waals surface area contributed by atoms with Crippen molar-refractivity contribution in [1.29, 1.82) is 0 Å². The second kappa shape index (κ2) is 4.23. The molecule has 16 heavy (non-hydrogen) atoms. The summed E-state index contributed by atoms with van der Waals surface area (Å²) in [6.07, 6.45) is 4.40. The van der Waals surface area contributed by atoms with Gasteiger partial charge in [-0.15, -0.1) is 0 Å². The number of nitrogens with zero attached hydrogens (tertiary/aromatic N) is 2. The highest BCUT2D eigenvalue weighted by Gasteiger charge is 2.22. The highest BCUT2D eigenvalue weighted by molar-refractivity contribution is 4.82.